The van der Waals surface area contributed by atoms with Gasteiger partial charge >= 0.3 is 5.97 Å². The maximum atomic E-state index is 13.2. The first-order chi connectivity index (χ1) is 11.9. The van der Waals surface area contributed by atoms with Gasteiger partial charge in [-0.3, -0.25) is 4.79 Å². The van der Waals surface area contributed by atoms with Crippen LogP contribution in [0.2, 0.25) is 0 Å². The maximum Gasteiger partial charge on any atom is 0.326 e. The molecule has 0 radical (unpaired) electrons. The smallest absolute Gasteiger partial charge is 0.326 e. The van der Waals surface area contributed by atoms with Crippen LogP contribution >= 0.6 is 0 Å². The van der Waals surface area contributed by atoms with Gasteiger partial charge in [-0.2, -0.15) is 0 Å². The second-order valence-corrected chi connectivity index (χ2v) is 10.4. The molecule has 0 aromatic carbocycles. The van der Waals surface area contributed by atoms with Gasteiger partial charge in [-0.15, -0.1) is 4.72 Å². The van der Waals surface area contributed by atoms with Crippen molar-refractivity contribution in [3.05, 3.63) is 0 Å². The molecule has 3 atom stereocenters. The van der Waals surface area contributed by atoms with Crippen molar-refractivity contribution in [1.82, 2.24) is 9.62 Å². The zero-order valence-electron chi connectivity index (χ0n) is 14.8. The Morgan fingerprint density at radius 3 is 2.28 bits per heavy atom. The van der Waals surface area contributed by atoms with Gasteiger partial charge in [-0.1, -0.05) is 0 Å². The third-order valence-electron chi connectivity index (χ3n) is 6.85. The molecule has 1 heterocycles. The van der Waals surface area contributed by atoms with E-state index in [0.29, 0.717) is 37.1 Å². The van der Waals surface area contributed by atoms with Crippen molar-refractivity contribution in [3.63, 3.8) is 0 Å². The summed E-state index contributed by atoms with van der Waals surface area (Å²) in [6.07, 6.45) is 8.14. The van der Waals surface area contributed by atoms with Gasteiger partial charge in [0.2, 0.25) is 5.91 Å². The Bertz CT molecular complexity index is 534. The molecule has 1 amide bonds. The van der Waals surface area contributed by atoms with E-state index in [1.165, 1.54) is 24.2 Å². The second kappa shape index (κ2) is 6.43. The van der Waals surface area contributed by atoms with Crippen LogP contribution in [0.4, 0.5) is 0 Å². The van der Waals surface area contributed by atoms with E-state index in [1.807, 2.05) is 0 Å². The largest absolute Gasteiger partial charge is 0.598 e. The molecular weight excluding hydrogens is 340 g/mol. The van der Waals surface area contributed by atoms with E-state index >= 15 is 0 Å². The van der Waals surface area contributed by atoms with Gasteiger partial charge < -0.3 is 14.6 Å². The fourth-order valence-electron chi connectivity index (χ4n) is 6.13. The van der Waals surface area contributed by atoms with Crippen molar-refractivity contribution in [1.29, 1.82) is 0 Å². The number of amides is 1. The first-order valence-corrected chi connectivity index (χ1v) is 10.7. The molecule has 4 saturated carbocycles. The van der Waals surface area contributed by atoms with Crippen LogP contribution in [0.25, 0.3) is 0 Å². The lowest BCUT2D eigenvalue weighted by Crippen LogP contribution is -2.60. The molecule has 6 nitrogen and oxygen atoms in total. The Morgan fingerprint density at radius 1 is 1.20 bits per heavy atom. The van der Waals surface area contributed by atoms with E-state index in [0.717, 1.165) is 19.3 Å². The number of aliphatic carboxylic acids is 1. The van der Waals surface area contributed by atoms with Gasteiger partial charge in [0.15, 0.2) is 0 Å². The summed E-state index contributed by atoms with van der Waals surface area (Å²) in [7, 11) is 0. The summed E-state index contributed by atoms with van der Waals surface area (Å²) in [5, 5.41) is 9.28. The van der Waals surface area contributed by atoms with Gasteiger partial charge in [0.05, 0.1) is 0 Å². The summed E-state index contributed by atoms with van der Waals surface area (Å²) >= 11 is -1.24. The molecule has 0 aromatic heterocycles. The second-order valence-electron chi connectivity index (χ2n) is 8.74. The lowest BCUT2D eigenvalue weighted by molar-refractivity contribution is -0.148. The third kappa shape index (κ3) is 3.08. The first kappa shape index (κ1) is 17.6. The predicted molar refractivity (Wildman–Crippen MR) is 94.0 cm³/mol. The van der Waals surface area contributed by atoms with Crippen molar-refractivity contribution >= 4 is 23.2 Å². The van der Waals surface area contributed by atoms with E-state index in [4.69, 9.17) is 0 Å². The fourth-order valence-corrected chi connectivity index (χ4v) is 7.96. The van der Waals surface area contributed by atoms with Crippen LogP contribution in [-0.4, -0.2) is 49.8 Å². The highest BCUT2D eigenvalue weighted by molar-refractivity contribution is 7.91. The number of rotatable bonds is 5. The number of hydrogen-bond donors (Lipinski definition) is 2. The molecule has 140 valence electrons. The minimum atomic E-state index is -1.24. The minimum absolute atomic E-state index is 0.166. The lowest BCUT2D eigenvalue weighted by atomic mass is 9.56. The molecule has 0 aromatic rings. The molecule has 5 aliphatic rings. The summed E-state index contributed by atoms with van der Waals surface area (Å²) in [4.78, 5) is 25.4. The number of nitrogens with zero attached hydrogens (tertiary/aromatic N) is 1. The number of nitrogens with one attached hydrogen (secondary N) is 1. The van der Waals surface area contributed by atoms with E-state index < -0.39 is 29.4 Å². The Labute approximate surface area is 152 Å². The quantitative estimate of drug-likeness (QED) is 0.720. The molecule has 2 N–H and O–H groups in total. The molecule has 1 saturated heterocycles. The number of likely N-dealkylation sites (tertiary alicyclic amines) is 1. The summed E-state index contributed by atoms with van der Waals surface area (Å²) in [6, 6.07) is -1.33. The molecule has 4 aliphatic carbocycles. The van der Waals surface area contributed by atoms with Gasteiger partial charge in [-0.05, 0) is 56.8 Å². The fraction of sp³-hybridized carbons (Fsp3) is 0.889. The standard InChI is InChI=1S/C18H28N2O4S/c1-11(16(21)20-4-2-3-15(20)17(22)23)19-25(24)18-8-12-5-13(9-18)7-14(6-12)10-18/h11-15,19H,2-10H2,1H3,(H,22,23)/t11-,12?,13?,14?,15-,18?,25?/m0/s1. The molecule has 25 heavy (non-hydrogen) atoms. The third-order valence-corrected chi connectivity index (χ3v) is 8.70. The number of carboxylic acids is 1. The van der Waals surface area contributed by atoms with Crippen LogP contribution in [0.5, 0.6) is 0 Å². The molecule has 1 aliphatic heterocycles. The summed E-state index contributed by atoms with van der Waals surface area (Å²) in [5.41, 5.74) is 0. The molecule has 0 spiro atoms. The number of carbonyl (C=O) groups is 2. The first-order valence-electron chi connectivity index (χ1n) is 9.59. The van der Waals surface area contributed by atoms with Crippen LogP contribution in [0.1, 0.15) is 58.3 Å². The molecule has 1 unspecified atom stereocenters. The Hall–Kier alpha value is -0.790. The van der Waals surface area contributed by atoms with Crippen LogP contribution in [-0.2, 0) is 21.0 Å². The topological polar surface area (TPSA) is 92.7 Å². The highest BCUT2D eigenvalue weighted by atomic mass is 32.2. The average molecular weight is 368 g/mol. The van der Waals surface area contributed by atoms with E-state index in [1.54, 1.807) is 6.92 Å². The molecular formula is C18H28N2O4S. The van der Waals surface area contributed by atoms with E-state index in [2.05, 4.69) is 4.72 Å². The molecule has 5 fully saturated rings. The minimum Gasteiger partial charge on any atom is -0.598 e. The van der Waals surface area contributed by atoms with Crippen LogP contribution < -0.4 is 4.72 Å². The molecule has 5 rings (SSSR count). The molecule has 4 bridgehead atoms. The van der Waals surface area contributed by atoms with Crippen LogP contribution in [0.15, 0.2) is 0 Å². The number of carbonyl (C=O) groups excluding carboxylic acids is 1. The highest BCUT2D eigenvalue weighted by Gasteiger charge is 2.58. The number of hydrogen-bond acceptors (Lipinski definition) is 4. The predicted octanol–water partition coefficient (Wildman–Crippen LogP) is 1.67. The van der Waals surface area contributed by atoms with E-state index in [-0.39, 0.29) is 10.7 Å². The Kier molecular flexibility index (Phi) is 4.53. The number of carboxylic acid groups (broad SMARTS) is 1. The summed E-state index contributed by atoms with van der Waals surface area (Å²) in [5.74, 6) is 0.942. The molecule has 7 heteroatoms. The summed E-state index contributed by atoms with van der Waals surface area (Å²) < 4.78 is 16.0. The average Bonchev–Trinajstić information content (AvgIpc) is 3.02. The van der Waals surface area contributed by atoms with Crippen molar-refractivity contribution in [2.45, 2.75) is 75.1 Å². The van der Waals surface area contributed by atoms with Crippen molar-refractivity contribution < 1.29 is 19.2 Å². The lowest BCUT2D eigenvalue weighted by Gasteiger charge is -2.55. The highest BCUT2D eigenvalue weighted by Crippen LogP contribution is 2.58. The Morgan fingerprint density at radius 2 is 1.76 bits per heavy atom. The maximum absolute atomic E-state index is 13.2. The SMILES string of the molecule is C[C@H](N[S+]([O-])C12CC3CC(CC(C3)C1)C2)C(=O)N1CCC[C@H]1C(=O)O. The van der Waals surface area contributed by atoms with Crippen molar-refractivity contribution in [3.8, 4) is 0 Å². The zero-order chi connectivity index (χ0) is 17.8. The van der Waals surface area contributed by atoms with Crippen molar-refractivity contribution in [2.24, 2.45) is 17.8 Å². The summed E-state index contributed by atoms with van der Waals surface area (Å²) in [6.45, 7) is 2.20. The van der Waals surface area contributed by atoms with Gasteiger partial charge in [0, 0.05) is 37.2 Å². The van der Waals surface area contributed by atoms with Crippen molar-refractivity contribution in [2.75, 3.05) is 6.54 Å². The Balaban J connectivity index is 1.41. The zero-order valence-corrected chi connectivity index (χ0v) is 15.6. The van der Waals surface area contributed by atoms with Crippen LogP contribution in [0.3, 0.4) is 0 Å². The van der Waals surface area contributed by atoms with Gasteiger partial charge in [-0.25, -0.2) is 4.79 Å². The monoisotopic (exact) mass is 368 g/mol. The van der Waals surface area contributed by atoms with Gasteiger partial charge in [0.1, 0.15) is 16.8 Å². The van der Waals surface area contributed by atoms with Gasteiger partial charge in [0.25, 0.3) is 0 Å². The van der Waals surface area contributed by atoms with Crippen LogP contribution in [0, 0.1) is 17.8 Å². The van der Waals surface area contributed by atoms with E-state index in [9.17, 15) is 19.2 Å². The normalized spacial score (nSPS) is 41.8.